The molecule has 0 aliphatic carbocycles. The number of amides is 1. The van der Waals surface area contributed by atoms with Gasteiger partial charge in [-0.1, -0.05) is 33.6 Å². The third-order valence-corrected chi connectivity index (χ3v) is 3.23. The van der Waals surface area contributed by atoms with Crippen molar-refractivity contribution < 1.29 is 4.79 Å². The minimum absolute atomic E-state index is 0.0217. The number of rotatable bonds is 6. The molecule has 1 rings (SSSR count). The van der Waals surface area contributed by atoms with E-state index in [1.807, 2.05) is 20.0 Å². The monoisotopic (exact) mass is 237 g/mol. The molecular weight excluding hydrogens is 214 g/mol. The summed E-state index contributed by atoms with van der Waals surface area (Å²) in [6.07, 6.45) is 3.05. The summed E-state index contributed by atoms with van der Waals surface area (Å²) in [5.41, 5.74) is 1.60. The summed E-state index contributed by atoms with van der Waals surface area (Å²) in [5.74, 6) is 0.546. The van der Waals surface area contributed by atoms with E-state index in [9.17, 15) is 4.79 Å². The lowest BCUT2D eigenvalue weighted by Gasteiger charge is -2.13. The molecule has 1 N–H and O–H groups in total. The van der Waals surface area contributed by atoms with Gasteiger partial charge in [0.1, 0.15) is 5.69 Å². The maximum absolute atomic E-state index is 12.0. The van der Waals surface area contributed by atoms with E-state index < -0.39 is 0 Å². The molecule has 1 heterocycles. The summed E-state index contributed by atoms with van der Waals surface area (Å²) in [5, 5.41) is 7.25. The molecule has 0 fully saturated rings. The van der Waals surface area contributed by atoms with Gasteiger partial charge in [0.05, 0.1) is 5.69 Å². The largest absolute Gasteiger partial charge is 0.350 e. The van der Waals surface area contributed by atoms with Crippen molar-refractivity contribution in [2.24, 2.45) is 13.0 Å². The Balaban J connectivity index is 2.60. The third-order valence-electron chi connectivity index (χ3n) is 3.23. The predicted molar refractivity (Wildman–Crippen MR) is 69.0 cm³/mol. The minimum atomic E-state index is -0.0217. The fraction of sp³-hybridized carbons (Fsp3) is 0.692. The molecule has 1 amide bonds. The molecule has 4 heteroatoms. The van der Waals surface area contributed by atoms with Crippen LogP contribution in [0.5, 0.6) is 0 Å². The van der Waals surface area contributed by atoms with E-state index in [0.717, 1.165) is 31.5 Å². The zero-order valence-corrected chi connectivity index (χ0v) is 11.3. The van der Waals surface area contributed by atoms with Crippen molar-refractivity contribution in [2.75, 3.05) is 6.54 Å². The topological polar surface area (TPSA) is 46.9 Å². The first-order valence-electron chi connectivity index (χ1n) is 6.43. The fourth-order valence-corrected chi connectivity index (χ4v) is 1.82. The minimum Gasteiger partial charge on any atom is -0.350 e. The van der Waals surface area contributed by atoms with Crippen LogP contribution in [0.3, 0.4) is 0 Å². The second-order valence-electron chi connectivity index (χ2n) is 4.39. The molecule has 0 aromatic carbocycles. The highest BCUT2D eigenvalue weighted by atomic mass is 16.2. The second-order valence-corrected chi connectivity index (χ2v) is 4.39. The Labute approximate surface area is 103 Å². The number of nitrogens with one attached hydrogen (secondary N) is 1. The molecule has 0 bridgehead atoms. The van der Waals surface area contributed by atoms with Gasteiger partial charge >= 0.3 is 0 Å². The predicted octanol–water partition coefficient (Wildman–Crippen LogP) is 2.15. The Morgan fingerprint density at radius 1 is 1.41 bits per heavy atom. The maximum atomic E-state index is 12.0. The van der Waals surface area contributed by atoms with E-state index in [1.54, 1.807) is 4.68 Å². The molecule has 0 spiro atoms. The van der Waals surface area contributed by atoms with Gasteiger partial charge in [0, 0.05) is 13.6 Å². The van der Waals surface area contributed by atoms with Crippen molar-refractivity contribution >= 4 is 5.91 Å². The van der Waals surface area contributed by atoms with Crippen LogP contribution >= 0.6 is 0 Å². The molecule has 0 saturated carbocycles. The molecule has 1 aromatic rings. The lowest BCUT2D eigenvalue weighted by Crippen LogP contribution is -2.30. The van der Waals surface area contributed by atoms with Gasteiger partial charge < -0.3 is 5.32 Å². The third kappa shape index (κ3) is 3.58. The van der Waals surface area contributed by atoms with E-state index in [1.165, 1.54) is 0 Å². The summed E-state index contributed by atoms with van der Waals surface area (Å²) in [6, 6.07) is 1.86. The summed E-state index contributed by atoms with van der Waals surface area (Å²) >= 11 is 0. The van der Waals surface area contributed by atoms with Gasteiger partial charge in [-0.25, -0.2) is 0 Å². The first-order valence-corrected chi connectivity index (χ1v) is 6.43. The summed E-state index contributed by atoms with van der Waals surface area (Å²) in [7, 11) is 1.81. The van der Waals surface area contributed by atoms with Crippen LogP contribution in [0.15, 0.2) is 6.07 Å². The molecule has 1 aromatic heterocycles. The van der Waals surface area contributed by atoms with E-state index in [0.29, 0.717) is 11.6 Å². The smallest absolute Gasteiger partial charge is 0.269 e. The van der Waals surface area contributed by atoms with Crippen molar-refractivity contribution in [1.29, 1.82) is 0 Å². The Kier molecular flexibility index (Phi) is 5.19. The van der Waals surface area contributed by atoms with Crippen LogP contribution < -0.4 is 5.32 Å². The van der Waals surface area contributed by atoms with E-state index in [2.05, 4.69) is 24.3 Å². The number of carbonyl (C=O) groups excluding carboxylic acids is 1. The zero-order valence-electron chi connectivity index (χ0n) is 11.3. The van der Waals surface area contributed by atoms with Gasteiger partial charge in [-0.3, -0.25) is 9.48 Å². The van der Waals surface area contributed by atoms with Crippen molar-refractivity contribution in [3.05, 3.63) is 17.5 Å². The average molecular weight is 237 g/mol. The molecule has 17 heavy (non-hydrogen) atoms. The van der Waals surface area contributed by atoms with Crippen LogP contribution in [0.2, 0.25) is 0 Å². The fourth-order valence-electron chi connectivity index (χ4n) is 1.82. The first kappa shape index (κ1) is 13.7. The molecule has 0 saturated heterocycles. The number of carbonyl (C=O) groups is 1. The summed E-state index contributed by atoms with van der Waals surface area (Å²) < 4.78 is 1.65. The molecule has 0 radical (unpaired) electrons. The lowest BCUT2D eigenvalue weighted by atomic mass is 10.0. The Morgan fingerprint density at radius 2 is 2.06 bits per heavy atom. The maximum Gasteiger partial charge on any atom is 0.269 e. The standard InChI is InChI=1S/C13H23N3O/c1-5-10(6-2)9-14-13(17)12-8-11(7-3)15-16(12)4/h8,10H,5-7,9H2,1-4H3,(H,14,17). The lowest BCUT2D eigenvalue weighted by molar-refractivity contribution is 0.0937. The molecule has 0 atom stereocenters. The van der Waals surface area contributed by atoms with Crippen molar-refractivity contribution in [3.8, 4) is 0 Å². The molecule has 4 nitrogen and oxygen atoms in total. The number of aromatic nitrogens is 2. The van der Waals surface area contributed by atoms with Crippen molar-refractivity contribution in [1.82, 2.24) is 15.1 Å². The second kappa shape index (κ2) is 6.42. The highest BCUT2D eigenvalue weighted by molar-refractivity contribution is 5.92. The normalized spacial score (nSPS) is 10.9. The molecule has 96 valence electrons. The van der Waals surface area contributed by atoms with Crippen molar-refractivity contribution in [3.63, 3.8) is 0 Å². The number of hydrogen-bond acceptors (Lipinski definition) is 2. The zero-order chi connectivity index (χ0) is 12.8. The Bertz CT molecular complexity index is 367. The van der Waals surface area contributed by atoms with Crippen LogP contribution in [0.4, 0.5) is 0 Å². The van der Waals surface area contributed by atoms with Crippen molar-refractivity contribution in [2.45, 2.75) is 40.0 Å². The van der Waals surface area contributed by atoms with Gasteiger partial charge in [-0.05, 0) is 18.4 Å². The highest BCUT2D eigenvalue weighted by Crippen LogP contribution is 2.07. The Hall–Kier alpha value is -1.32. The average Bonchev–Trinajstić information content (AvgIpc) is 2.71. The number of aryl methyl sites for hydroxylation is 2. The summed E-state index contributed by atoms with van der Waals surface area (Å²) in [4.78, 5) is 12.0. The number of nitrogens with zero attached hydrogens (tertiary/aromatic N) is 2. The van der Waals surface area contributed by atoms with Crippen LogP contribution in [0.1, 0.15) is 49.8 Å². The highest BCUT2D eigenvalue weighted by Gasteiger charge is 2.13. The van der Waals surface area contributed by atoms with E-state index >= 15 is 0 Å². The summed E-state index contributed by atoms with van der Waals surface area (Å²) in [6.45, 7) is 7.09. The van der Waals surface area contributed by atoms with Gasteiger partial charge in [0.2, 0.25) is 0 Å². The number of hydrogen-bond donors (Lipinski definition) is 1. The van der Waals surface area contributed by atoms with Gasteiger partial charge in [-0.2, -0.15) is 5.10 Å². The van der Waals surface area contributed by atoms with Gasteiger partial charge in [0.25, 0.3) is 5.91 Å². The van der Waals surface area contributed by atoms with Gasteiger partial charge in [-0.15, -0.1) is 0 Å². The first-order chi connectivity index (χ1) is 8.12. The van der Waals surface area contributed by atoms with Gasteiger partial charge in [0.15, 0.2) is 0 Å². The SMILES string of the molecule is CCc1cc(C(=O)NCC(CC)CC)n(C)n1. The van der Waals surface area contributed by atoms with Crippen LogP contribution in [0, 0.1) is 5.92 Å². The van der Waals surface area contributed by atoms with Crippen LogP contribution in [-0.2, 0) is 13.5 Å². The van der Waals surface area contributed by atoms with Crippen LogP contribution in [-0.4, -0.2) is 22.2 Å². The quantitative estimate of drug-likeness (QED) is 0.824. The van der Waals surface area contributed by atoms with E-state index in [4.69, 9.17) is 0 Å². The molecule has 0 aliphatic heterocycles. The van der Waals surface area contributed by atoms with E-state index in [-0.39, 0.29) is 5.91 Å². The molecular formula is C13H23N3O. The Morgan fingerprint density at radius 3 is 2.53 bits per heavy atom. The van der Waals surface area contributed by atoms with Crippen LogP contribution in [0.25, 0.3) is 0 Å². The molecule has 0 unspecified atom stereocenters. The molecule has 0 aliphatic rings.